The lowest BCUT2D eigenvalue weighted by molar-refractivity contribution is 0.0351. The van der Waals surface area contributed by atoms with E-state index in [9.17, 15) is 0 Å². The number of nitrogens with zero attached hydrogens (tertiary/aromatic N) is 1. The second-order valence-electron chi connectivity index (χ2n) is 4.81. The van der Waals surface area contributed by atoms with Crippen LogP contribution in [-0.4, -0.2) is 38.3 Å². The molecule has 0 aromatic heterocycles. The van der Waals surface area contributed by atoms with Gasteiger partial charge in [-0.2, -0.15) is 0 Å². The van der Waals surface area contributed by atoms with Crippen molar-refractivity contribution in [3.8, 4) is 5.75 Å². The zero-order valence-corrected chi connectivity index (χ0v) is 11.6. The highest BCUT2D eigenvalue weighted by Crippen LogP contribution is 2.33. The molecule has 0 aliphatic carbocycles. The number of benzene rings is 1. The average Bonchev–Trinajstić information content (AvgIpc) is 2.56. The maximum atomic E-state index is 5.84. The Morgan fingerprint density at radius 1 is 1.25 bits per heavy atom. The molecule has 1 atom stereocenters. The molecule has 0 N–H and O–H groups in total. The molecule has 0 saturated carbocycles. The average molecular weight is 273 g/mol. The predicted molar refractivity (Wildman–Crippen MR) is 76.4 cm³/mol. The smallest absolute Gasteiger partial charge is 0.163 e. The van der Waals surface area contributed by atoms with Gasteiger partial charge >= 0.3 is 0 Å². The molecule has 1 fully saturated rings. The number of methoxy groups -OCH3 is 1. The van der Waals surface area contributed by atoms with E-state index in [1.165, 1.54) is 5.70 Å². The molecule has 20 heavy (non-hydrogen) atoms. The van der Waals surface area contributed by atoms with E-state index in [1.54, 1.807) is 13.4 Å². The minimum absolute atomic E-state index is 0.0757. The lowest BCUT2D eigenvalue weighted by Crippen LogP contribution is -2.38. The third kappa shape index (κ3) is 2.65. The zero-order valence-electron chi connectivity index (χ0n) is 11.6. The summed E-state index contributed by atoms with van der Waals surface area (Å²) in [6.07, 6.45) is 5.74. The molecule has 0 radical (unpaired) electrons. The van der Waals surface area contributed by atoms with E-state index in [1.807, 2.05) is 24.3 Å². The Labute approximate surface area is 119 Å². The van der Waals surface area contributed by atoms with Crippen LogP contribution in [0.15, 0.2) is 48.4 Å². The lowest BCUT2D eigenvalue weighted by Gasteiger charge is -2.35. The highest BCUT2D eigenvalue weighted by Gasteiger charge is 2.25. The summed E-state index contributed by atoms with van der Waals surface area (Å²) in [7, 11) is 1.68. The second kappa shape index (κ2) is 6.01. The van der Waals surface area contributed by atoms with Gasteiger partial charge in [-0.1, -0.05) is 12.1 Å². The molecule has 4 nitrogen and oxygen atoms in total. The van der Waals surface area contributed by atoms with E-state index in [2.05, 4.69) is 17.0 Å². The molecule has 106 valence electrons. The van der Waals surface area contributed by atoms with Crippen LogP contribution in [0.5, 0.6) is 5.75 Å². The van der Waals surface area contributed by atoms with Gasteiger partial charge in [-0.05, 0) is 24.3 Å². The minimum Gasteiger partial charge on any atom is -0.497 e. The molecule has 1 aromatic rings. The van der Waals surface area contributed by atoms with Crippen LogP contribution in [0, 0.1) is 0 Å². The highest BCUT2D eigenvalue weighted by molar-refractivity contribution is 5.35. The van der Waals surface area contributed by atoms with E-state index in [4.69, 9.17) is 14.2 Å². The Balaban J connectivity index is 1.86. The van der Waals surface area contributed by atoms with E-state index in [-0.39, 0.29) is 6.10 Å². The first-order valence-corrected chi connectivity index (χ1v) is 6.87. The van der Waals surface area contributed by atoms with Crippen LogP contribution < -0.4 is 4.74 Å². The number of hydrogen-bond donors (Lipinski definition) is 0. The summed E-state index contributed by atoms with van der Waals surface area (Å²) in [4.78, 5) is 2.33. The summed E-state index contributed by atoms with van der Waals surface area (Å²) in [5, 5.41) is 0. The number of morpholine rings is 1. The summed E-state index contributed by atoms with van der Waals surface area (Å²) >= 11 is 0. The van der Waals surface area contributed by atoms with Gasteiger partial charge in [0.15, 0.2) is 6.10 Å². The summed E-state index contributed by atoms with van der Waals surface area (Å²) in [6.45, 7) is 3.35. The van der Waals surface area contributed by atoms with Crippen molar-refractivity contribution in [1.82, 2.24) is 4.90 Å². The number of ether oxygens (including phenoxy) is 3. The second-order valence-corrected chi connectivity index (χ2v) is 4.81. The van der Waals surface area contributed by atoms with Crippen LogP contribution in [0.25, 0.3) is 0 Å². The van der Waals surface area contributed by atoms with Crippen molar-refractivity contribution in [1.29, 1.82) is 0 Å². The molecule has 2 aliphatic heterocycles. The van der Waals surface area contributed by atoms with Crippen LogP contribution in [0.2, 0.25) is 0 Å². The van der Waals surface area contributed by atoms with Gasteiger partial charge in [-0.3, -0.25) is 0 Å². The maximum absolute atomic E-state index is 5.84. The number of rotatable bonds is 3. The van der Waals surface area contributed by atoms with Crippen molar-refractivity contribution < 1.29 is 14.2 Å². The fraction of sp³-hybridized carbons (Fsp3) is 0.375. The molecular formula is C16H19NO3. The van der Waals surface area contributed by atoms with Gasteiger partial charge in [0.05, 0.1) is 32.3 Å². The normalized spacial score (nSPS) is 22.1. The van der Waals surface area contributed by atoms with Crippen LogP contribution in [-0.2, 0) is 9.47 Å². The summed E-state index contributed by atoms with van der Waals surface area (Å²) in [6, 6.07) is 8.03. The summed E-state index contributed by atoms with van der Waals surface area (Å²) in [5.41, 5.74) is 2.29. The topological polar surface area (TPSA) is 30.9 Å². The molecular weight excluding hydrogens is 254 g/mol. The predicted octanol–water partition coefficient (Wildman–Crippen LogP) is 2.50. The third-order valence-corrected chi connectivity index (χ3v) is 3.60. The van der Waals surface area contributed by atoms with Crippen LogP contribution in [0.4, 0.5) is 0 Å². The first kappa shape index (κ1) is 13.1. The van der Waals surface area contributed by atoms with Crippen LogP contribution >= 0.6 is 0 Å². The monoisotopic (exact) mass is 273 g/mol. The van der Waals surface area contributed by atoms with Crippen molar-refractivity contribution >= 4 is 0 Å². The number of hydrogen-bond acceptors (Lipinski definition) is 4. The van der Waals surface area contributed by atoms with Crippen molar-refractivity contribution in [3.05, 3.63) is 53.9 Å². The Morgan fingerprint density at radius 3 is 2.90 bits per heavy atom. The summed E-state index contributed by atoms with van der Waals surface area (Å²) in [5.74, 6) is 0.849. The Morgan fingerprint density at radius 2 is 2.10 bits per heavy atom. The van der Waals surface area contributed by atoms with Crippen molar-refractivity contribution in [2.75, 3.05) is 33.4 Å². The third-order valence-electron chi connectivity index (χ3n) is 3.60. The van der Waals surface area contributed by atoms with E-state index in [0.717, 1.165) is 37.6 Å². The molecule has 4 heteroatoms. The molecule has 0 spiro atoms. The first-order chi connectivity index (χ1) is 9.88. The fourth-order valence-corrected chi connectivity index (χ4v) is 2.57. The SMILES string of the molecule is COc1cccc(C2OC=CC=C2N2CCOCC2)c1. The van der Waals surface area contributed by atoms with Crippen LogP contribution in [0.1, 0.15) is 11.7 Å². The lowest BCUT2D eigenvalue weighted by atomic mass is 10.0. The van der Waals surface area contributed by atoms with Gasteiger partial charge in [0, 0.05) is 18.7 Å². The molecule has 3 rings (SSSR count). The van der Waals surface area contributed by atoms with Gasteiger partial charge in [0.2, 0.25) is 0 Å². The van der Waals surface area contributed by atoms with Crippen molar-refractivity contribution in [2.45, 2.75) is 6.10 Å². The largest absolute Gasteiger partial charge is 0.497 e. The first-order valence-electron chi connectivity index (χ1n) is 6.87. The summed E-state index contributed by atoms with van der Waals surface area (Å²) < 4.78 is 16.6. The standard InChI is InChI=1S/C16H19NO3/c1-18-14-5-2-4-13(12-14)16-15(6-3-9-20-16)17-7-10-19-11-8-17/h2-6,9,12,16H,7-8,10-11H2,1H3. The van der Waals surface area contributed by atoms with E-state index >= 15 is 0 Å². The highest BCUT2D eigenvalue weighted by atomic mass is 16.5. The van der Waals surface area contributed by atoms with Gasteiger partial charge in [-0.25, -0.2) is 0 Å². The number of allylic oxidation sites excluding steroid dienone is 2. The molecule has 1 aromatic carbocycles. The van der Waals surface area contributed by atoms with Gasteiger partial charge in [0.25, 0.3) is 0 Å². The molecule has 1 unspecified atom stereocenters. The Bertz CT molecular complexity index is 518. The molecule has 1 saturated heterocycles. The molecule has 2 heterocycles. The van der Waals surface area contributed by atoms with Gasteiger partial charge in [-0.15, -0.1) is 0 Å². The van der Waals surface area contributed by atoms with E-state index in [0.29, 0.717) is 0 Å². The zero-order chi connectivity index (χ0) is 13.8. The maximum Gasteiger partial charge on any atom is 0.163 e. The molecule has 0 bridgehead atoms. The quantitative estimate of drug-likeness (QED) is 0.846. The fourth-order valence-electron chi connectivity index (χ4n) is 2.57. The van der Waals surface area contributed by atoms with E-state index < -0.39 is 0 Å². The van der Waals surface area contributed by atoms with Crippen molar-refractivity contribution in [2.24, 2.45) is 0 Å². The van der Waals surface area contributed by atoms with Crippen molar-refractivity contribution in [3.63, 3.8) is 0 Å². The van der Waals surface area contributed by atoms with Gasteiger partial charge in [0.1, 0.15) is 5.75 Å². The molecule has 2 aliphatic rings. The Kier molecular flexibility index (Phi) is 3.92. The minimum atomic E-state index is -0.0757. The van der Waals surface area contributed by atoms with Crippen LogP contribution in [0.3, 0.4) is 0 Å². The Hall–Kier alpha value is -1.94. The van der Waals surface area contributed by atoms with Gasteiger partial charge < -0.3 is 19.1 Å². The molecule has 0 amide bonds.